The Labute approximate surface area is 125 Å². The van der Waals surface area contributed by atoms with Crippen molar-refractivity contribution in [2.75, 3.05) is 5.43 Å². The van der Waals surface area contributed by atoms with Gasteiger partial charge in [0.2, 0.25) is 0 Å². The van der Waals surface area contributed by atoms with Crippen molar-refractivity contribution in [1.82, 2.24) is 0 Å². The van der Waals surface area contributed by atoms with Crippen LogP contribution >= 0.6 is 0 Å². The van der Waals surface area contributed by atoms with Gasteiger partial charge < -0.3 is 0 Å². The SMILES string of the molecule is Cc1ccc(N/N=C/c2ccc([N+](=O)[O-])cc2[N+](=O)[O-])cc1. The van der Waals surface area contributed by atoms with Crippen LogP contribution in [0.15, 0.2) is 47.6 Å². The van der Waals surface area contributed by atoms with Crippen LogP contribution in [0.4, 0.5) is 17.1 Å². The maximum atomic E-state index is 11.0. The van der Waals surface area contributed by atoms with Gasteiger partial charge in [0.05, 0.1) is 33.4 Å². The van der Waals surface area contributed by atoms with Gasteiger partial charge in [-0.25, -0.2) is 0 Å². The number of hydrazone groups is 1. The van der Waals surface area contributed by atoms with Crippen molar-refractivity contribution in [3.63, 3.8) is 0 Å². The van der Waals surface area contributed by atoms with Crippen molar-refractivity contribution >= 4 is 23.3 Å². The molecule has 22 heavy (non-hydrogen) atoms. The maximum Gasteiger partial charge on any atom is 0.285 e. The highest BCUT2D eigenvalue weighted by Gasteiger charge is 2.18. The summed E-state index contributed by atoms with van der Waals surface area (Å²) in [6.07, 6.45) is 1.25. The zero-order valence-corrected chi connectivity index (χ0v) is 11.6. The fourth-order valence-corrected chi connectivity index (χ4v) is 1.72. The van der Waals surface area contributed by atoms with Gasteiger partial charge in [0.15, 0.2) is 0 Å². The molecule has 0 heterocycles. The largest absolute Gasteiger partial charge is 0.285 e. The summed E-state index contributed by atoms with van der Waals surface area (Å²) in [4.78, 5) is 20.3. The molecule has 0 spiro atoms. The van der Waals surface area contributed by atoms with Crippen molar-refractivity contribution < 1.29 is 9.85 Å². The maximum absolute atomic E-state index is 11.0. The number of hydrogen-bond acceptors (Lipinski definition) is 6. The van der Waals surface area contributed by atoms with Crippen molar-refractivity contribution in [2.24, 2.45) is 5.10 Å². The van der Waals surface area contributed by atoms with E-state index >= 15 is 0 Å². The number of anilines is 1. The summed E-state index contributed by atoms with van der Waals surface area (Å²) in [5.74, 6) is 0. The molecule has 8 nitrogen and oxygen atoms in total. The number of benzene rings is 2. The first-order valence-corrected chi connectivity index (χ1v) is 6.26. The molecule has 112 valence electrons. The third kappa shape index (κ3) is 3.63. The van der Waals surface area contributed by atoms with Crippen LogP contribution in [0.25, 0.3) is 0 Å². The van der Waals surface area contributed by atoms with Crippen molar-refractivity contribution in [2.45, 2.75) is 6.92 Å². The molecule has 0 aromatic heterocycles. The van der Waals surface area contributed by atoms with E-state index in [1.54, 1.807) is 0 Å². The molecule has 0 aliphatic rings. The first-order valence-electron chi connectivity index (χ1n) is 6.26. The van der Waals surface area contributed by atoms with Crippen molar-refractivity contribution in [3.05, 3.63) is 73.8 Å². The van der Waals surface area contributed by atoms with E-state index in [0.717, 1.165) is 17.3 Å². The number of rotatable bonds is 5. The molecule has 0 atom stereocenters. The quantitative estimate of drug-likeness (QED) is 0.517. The van der Waals surface area contributed by atoms with Crippen LogP contribution in [0.3, 0.4) is 0 Å². The molecule has 1 N–H and O–H groups in total. The van der Waals surface area contributed by atoms with Crippen LogP contribution in [0.2, 0.25) is 0 Å². The van der Waals surface area contributed by atoms with E-state index in [1.165, 1.54) is 18.3 Å². The van der Waals surface area contributed by atoms with Gasteiger partial charge in [-0.2, -0.15) is 5.10 Å². The van der Waals surface area contributed by atoms with Crippen LogP contribution < -0.4 is 5.43 Å². The lowest BCUT2D eigenvalue weighted by molar-refractivity contribution is -0.394. The van der Waals surface area contributed by atoms with Gasteiger partial charge in [-0.15, -0.1) is 0 Å². The molecular formula is C14H12N4O4. The highest BCUT2D eigenvalue weighted by atomic mass is 16.6. The van der Waals surface area contributed by atoms with Gasteiger partial charge in [-0.3, -0.25) is 25.7 Å². The number of nitro benzene ring substituents is 2. The number of nitrogens with zero attached hydrogens (tertiary/aromatic N) is 3. The first kappa shape index (κ1) is 15.1. The molecular weight excluding hydrogens is 288 g/mol. The normalized spacial score (nSPS) is 10.6. The molecule has 0 saturated heterocycles. The number of non-ortho nitro benzene ring substituents is 1. The second-order valence-electron chi connectivity index (χ2n) is 4.49. The lowest BCUT2D eigenvalue weighted by Gasteiger charge is -2.01. The highest BCUT2D eigenvalue weighted by Crippen LogP contribution is 2.23. The molecule has 0 bridgehead atoms. The Balaban J connectivity index is 2.21. The third-order valence-electron chi connectivity index (χ3n) is 2.87. The van der Waals surface area contributed by atoms with E-state index in [1.807, 2.05) is 31.2 Å². The van der Waals surface area contributed by atoms with E-state index in [0.29, 0.717) is 0 Å². The summed E-state index contributed by atoms with van der Waals surface area (Å²) in [6.45, 7) is 1.95. The van der Waals surface area contributed by atoms with Gasteiger partial charge in [0.25, 0.3) is 11.4 Å². The summed E-state index contributed by atoms with van der Waals surface area (Å²) >= 11 is 0. The predicted octanol–water partition coefficient (Wildman–Crippen LogP) is 3.26. The monoisotopic (exact) mass is 300 g/mol. The second-order valence-corrected chi connectivity index (χ2v) is 4.49. The van der Waals surface area contributed by atoms with E-state index in [9.17, 15) is 20.2 Å². The molecule has 2 aromatic rings. The number of nitrogens with one attached hydrogen (secondary N) is 1. The lowest BCUT2D eigenvalue weighted by atomic mass is 10.2. The summed E-state index contributed by atoms with van der Waals surface area (Å²) < 4.78 is 0. The zero-order valence-electron chi connectivity index (χ0n) is 11.6. The average molecular weight is 300 g/mol. The molecule has 0 amide bonds. The summed E-state index contributed by atoms with van der Waals surface area (Å²) in [7, 11) is 0. The van der Waals surface area contributed by atoms with Gasteiger partial charge in [-0.05, 0) is 25.1 Å². The predicted molar refractivity (Wildman–Crippen MR) is 82.1 cm³/mol. The van der Waals surface area contributed by atoms with Crippen LogP contribution in [0.5, 0.6) is 0 Å². The molecule has 0 aliphatic heterocycles. The van der Waals surface area contributed by atoms with Gasteiger partial charge in [0.1, 0.15) is 0 Å². The van der Waals surface area contributed by atoms with E-state index < -0.39 is 9.85 Å². The standard InChI is InChI=1S/C14H12N4O4/c1-10-2-5-12(6-3-10)16-15-9-11-4-7-13(17(19)20)8-14(11)18(21)22/h2-9,16H,1H3/b15-9+. The van der Waals surface area contributed by atoms with Crippen LogP contribution in [-0.2, 0) is 0 Å². The Kier molecular flexibility index (Phi) is 4.42. The molecule has 0 radical (unpaired) electrons. The fraction of sp³-hybridized carbons (Fsp3) is 0.0714. The van der Waals surface area contributed by atoms with E-state index in [4.69, 9.17) is 0 Å². The average Bonchev–Trinajstić information content (AvgIpc) is 2.49. The Bertz CT molecular complexity index is 741. The smallest absolute Gasteiger partial charge is 0.279 e. The number of hydrogen-bond donors (Lipinski definition) is 1. The van der Waals surface area contributed by atoms with Crippen molar-refractivity contribution in [1.29, 1.82) is 0 Å². The zero-order chi connectivity index (χ0) is 16.1. The van der Waals surface area contributed by atoms with E-state index in [2.05, 4.69) is 10.5 Å². The Hall–Kier alpha value is -3.29. The Morgan fingerprint density at radius 2 is 1.73 bits per heavy atom. The highest BCUT2D eigenvalue weighted by molar-refractivity contribution is 5.86. The minimum absolute atomic E-state index is 0.176. The minimum atomic E-state index is -0.682. The second kappa shape index (κ2) is 6.44. The topological polar surface area (TPSA) is 111 Å². The van der Waals surface area contributed by atoms with Crippen LogP contribution in [-0.4, -0.2) is 16.1 Å². The van der Waals surface area contributed by atoms with Crippen LogP contribution in [0.1, 0.15) is 11.1 Å². The Morgan fingerprint density at radius 1 is 1.05 bits per heavy atom. The summed E-state index contributed by atoms with van der Waals surface area (Å²) in [6, 6.07) is 10.8. The summed E-state index contributed by atoms with van der Waals surface area (Å²) in [5, 5.41) is 25.5. The number of aryl methyl sites for hydroxylation is 1. The number of nitro groups is 2. The molecule has 2 rings (SSSR count). The third-order valence-corrected chi connectivity index (χ3v) is 2.87. The van der Waals surface area contributed by atoms with Crippen LogP contribution in [0, 0.1) is 27.2 Å². The van der Waals surface area contributed by atoms with Gasteiger partial charge in [0, 0.05) is 6.07 Å². The van der Waals surface area contributed by atoms with Gasteiger partial charge in [-0.1, -0.05) is 17.7 Å². The first-order chi connectivity index (χ1) is 10.5. The molecule has 8 heteroatoms. The molecule has 0 fully saturated rings. The lowest BCUT2D eigenvalue weighted by Crippen LogP contribution is -1.98. The summed E-state index contributed by atoms with van der Waals surface area (Å²) in [5.41, 5.74) is 4.03. The minimum Gasteiger partial charge on any atom is -0.279 e. The Morgan fingerprint density at radius 3 is 2.32 bits per heavy atom. The molecule has 2 aromatic carbocycles. The molecule has 0 unspecified atom stereocenters. The van der Waals surface area contributed by atoms with Crippen molar-refractivity contribution in [3.8, 4) is 0 Å². The van der Waals surface area contributed by atoms with E-state index in [-0.39, 0.29) is 16.9 Å². The fourth-order valence-electron chi connectivity index (χ4n) is 1.72. The molecule has 0 saturated carbocycles. The van der Waals surface area contributed by atoms with Gasteiger partial charge >= 0.3 is 0 Å². The molecule has 0 aliphatic carbocycles.